The molecule has 0 aromatic carbocycles. The molecule has 0 aromatic rings. The summed E-state index contributed by atoms with van der Waals surface area (Å²) in [5.41, 5.74) is 0. The summed E-state index contributed by atoms with van der Waals surface area (Å²) < 4.78 is 0. The number of hydrogen-bond acceptors (Lipinski definition) is 4. The third-order valence-corrected chi connectivity index (χ3v) is 3.11. The summed E-state index contributed by atoms with van der Waals surface area (Å²) in [5.74, 6) is 0. The van der Waals surface area contributed by atoms with Crippen LogP contribution in [-0.2, 0) is 0 Å². The van der Waals surface area contributed by atoms with Crippen LogP contribution in [0.25, 0.3) is 0 Å². The van der Waals surface area contributed by atoms with E-state index in [4.69, 9.17) is 5.26 Å². The van der Waals surface area contributed by atoms with Crippen molar-refractivity contribution in [1.29, 1.82) is 5.26 Å². The first-order valence-corrected chi connectivity index (χ1v) is 6.15. The summed E-state index contributed by atoms with van der Waals surface area (Å²) in [5, 5.41) is 17.9. The quantitative estimate of drug-likeness (QED) is 0.699. The molecule has 0 saturated carbocycles. The summed E-state index contributed by atoms with van der Waals surface area (Å²) in [6.07, 6.45) is 1.38. The van der Waals surface area contributed by atoms with Gasteiger partial charge in [0.1, 0.15) is 0 Å². The molecule has 1 heterocycles. The van der Waals surface area contributed by atoms with Crippen molar-refractivity contribution >= 4 is 0 Å². The van der Waals surface area contributed by atoms with Gasteiger partial charge in [0.25, 0.3) is 0 Å². The second-order valence-electron chi connectivity index (χ2n) is 4.76. The highest BCUT2D eigenvalue weighted by Gasteiger charge is 2.23. The van der Waals surface area contributed by atoms with E-state index in [1.54, 1.807) is 0 Å². The van der Waals surface area contributed by atoms with Gasteiger partial charge < -0.3 is 10.0 Å². The Bertz CT molecular complexity index is 237. The Kier molecular flexibility index (Phi) is 5.75. The van der Waals surface area contributed by atoms with E-state index in [2.05, 4.69) is 22.8 Å². The number of β-amino-alcohol motifs (C(OH)–C–C–N with tert-alkyl or cyclic N) is 1. The Morgan fingerprint density at radius 1 is 1.50 bits per heavy atom. The number of nitriles is 1. The molecule has 1 aliphatic heterocycles. The first kappa shape index (κ1) is 13.4. The van der Waals surface area contributed by atoms with E-state index < -0.39 is 0 Å². The second-order valence-corrected chi connectivity index (χ2v) is 4.76. The smallest absolute Gasteiger partial charge is 0.0639 e. The molecule has 16 heavy (non-hydrogen) atoms. The molecule has 0 bridgehead atoms. The van der Waals surface area contributed by atoms with Crippen molar-refractivity contribution in [3.8, 4) is 6.07 Å². The van der Waals surface area contributed by atoms with Crippen LogP contribution in [0.2, 0.25) is 0 Å². The predicted molar refractivity (Wildman–Crippen MR) is 64.0 cm³/mol. The fourth-order valence-corrected chi connectivity index (χ4v) is 2.27. The lowest BCUT2D eigenvalue weighted by atomic mass is 10.1. The molecular formula is C12H23N3O. The minimum atomic E-state index is -0.243. The van der Waals surface area contributed by atoms with Gasteiger partial charge in [0.2, 0.25) is 0 Å². The van der Waals surface area contributed by atoms with Crippen LogP contribution in [0, 0.1) is 11.3 Å². The zero-order chi connectivity index (χ0) is 12.0. The number of aliphatic hydroxyl groups excluding tert-OH is 1. The molecule has 0 unspecified atom stereocenters. The highest BCUT2D eigenvalue weighted by molar-refractivity contribution is 4.80. The van der Waals surface area contributed by atoms with Gasteiger partial charge in [-0.3, -0.25) is 4.90 Å². The first-order chi connectivity index (χ1) is 7.63. The second kappa shape index (κ2) is 6.85. The van der Waals surface area contributed by atoms with Gasteiger partial charge in [0, 0.05) is 38.6 Å². The number of unbranched alkanes of at least 4 members (excludes halogenated alkanes) is 1. The number of nitrogens with zero attached hydrogens (tertiary/aromatic N) is 3. The Labute approximate surface area is 98.5 Å². The molecule has 1 saturated heterocycles. The summed E-state index contributed by atoms with van der Waals surface area (Å²) in [7, 11) is 0. The summed E-state index contributed by atoms with van der Waals surface area (Å²) >= 11 is 0. The predicted octanol–water partition coefficient (Wildman–Crippen LogP) is 0.677. The van der Waals surface area contributed by atoms with Gasteiger partial charge in [0.05, 0.1) is 12.2 Å². The Hall–Kier alpha value is -0.630. The minimum Gasteiger partial charge on any atom is -0.392 e. The average molecular weight is 225 g/mol. The molecule has 0 aliphatic carbocycles. The maximum absolute atomic E-state index is 9.37. The highest BCUT2D eigenvalue weighted by atomic mass is 16.3. The molecule has 0 radical (unpaired) electrons. The molecule has 92 valence electrons. The largest absolute Gasteiger partial charge is 0.392 e. The molecule has 0 aromatic heterocycles. The van der Waals surface area contributed by atoms with Crippen molar-refractivity contribution in [3.63, 3.8) is 0 Å². The maximum atomic E-state index is 9.37. The van der Waals surface area contributed by atoms with Gasteiger partial charge in [-0.15, -0.1) is 0 Å². The number of rotatable bonds is 5. The van der Waals surface area contributed by atoms with Crippen LogP contribution in [0.15, 0.2) is 0 Å². The van der Waals surface area contributed by atoms with Gasteiger partial charge >= 0.3 is 0 Å². The van der Waals surface area contributed by atoms with Crippen molar-refractivity contribution < 1.29 is 5.11 Å². The molecule has 0 amide bonds. The van der Waals surface area contributed by atoms with Gasteiger partial charge in [-0.1, -0.05) is 0 Å². The molecule has 1 fully saturated rings. The zero-order valence-corrected chi connectivity index (χ0v) is 10.4. The average Bonchev–Trinajstić information content (AvgIpc) is 2.22. The fourth-order valence-electron chi connectivity index (χ4n) is 2.27. The first-order valence-electron chi connectivity index (χ1n) is 6.15. The van der Waals surface area contributed by atoms with E-state index >= 15 is 0 Å². The van der Waals surface area contributed by atoms with Crippen LogP contribution in [0.5, 0.6) is 0 Å². The zero-order valence-electron chi connectivity index (χ0n) is 10.4. The van der Waals surface area contributed by atoms with Crippen LogP contribution >= 0.6 is 0 Å². The van der Waals surface area contributed by atoms with Crippen molar-refractivity contribution in [3.05, 3.63) is 0 Å². The third-order valence-electron chi connectivity index (χ3n) is 3.11. The van der Waals surface area contributed by atoms with Gasteiger partial charge in [-0.05, 0) is 26.8 Å². The molecule has 2 atom stereocenters. The lowest BCUT2D eigenvalue weighted by Gasteiger charge is -2.40. The minimum absolute atomic E-state index is 0.243. The molecule has 1 rings (SSSR count). The van der Waals surface area contributed by atoms with E-state index in [1.165, 1.54) is 0 Å². The van der Waals surface area contributed by atoms with Gasteiger partial charge in [-0.25, -0.2) is 0 Å². The van der Waals surface area contributed by atoms with Crippen molar-refractivity contribution in [1.82, 2.24) is 9.80 Å². The van der Waals surface area contributed by atoms with E-state index in [-0.39, 0.29) is 6.10 Å². The number of hydrogen-bond donors (Lipinski definition) is 1. The SMILES string of the molecule is C[C@H](O)CN1CCN(CCCC#N)C[C@H]1C. The van der Waals surface area contributed by atoms with Crippen molar-refractivity contribution in [2.75, 3.05) is 32.7 Å². The molecule has 1 aliphatic rings. The van der Waals surface area contributed by atoms with Crippen LogP contribution in [-0.4, -0.2) is 59.8 Å². The Balaban J connectivity index is 2.25. The van der Waals surface area contributed by atoms with Crippen LogP contribution < -0.4 is 0 Å². The summed E-state index contributed by atoms with van der Waals surface area (Å²) in [6, 6.07) is 2.69. The monoisotopic (exact) mass is 225 g/mol. The normalized spacial score (nSPS) is 25.2. The van der Waals surface area contributed by atoms with Crippen molar-refractivity contribution in [2.24, 2.45) is 0 Å². The Morgan fingerprint density at radius 3 is 2.81 bits per heavy atom. The van der Waals surface area contributed by atoms with Gasteiger partial charge in [0.15, 0.2) is 0 Å². The lowest BCUT2D eigenvalue weighted by Crippen LogP contribution is -2.53. The Morgan fingerprint density at radius 2 is 2.25 bits per heavy atom. The number of piperazine rings is 1. The molecule has 1 N–H and O–H groups in total. The fraction of sp³-hybridized carbons (Fsp3) is 0.917. The van der Waals surface area contributed by atoms with E-state index in [1.807, 2.05) is 6.92 Å². The molecular weight excluding hydrogens is 202 g/mol. The molecule has 4 heteroatoms. The topological polar surface area (TPSA) is 50.5 Å². The van der Waals surface area contributed by atoms with E-state index in [0.717, 1.165) is 39.1 Å². The molecule has 4 nitrogen and oxygen atoms in total. The van der Waals surface area contributed by atoms with E-state index in [0.29, 0.717) is 12.5 Å². The van der Waals surface area contributed by atoms with E-state index in [9.17, 15) is 5.11 Å². The number of aliphatic hydroxyl groups is 1. The summed E-state index contributed by atoms with van der Waals surface area (Å²) in [4.78, 5) is 4.76. The van der Waals surface area contributed by atoms with Crippen LogP contribution in [0.4, 0.5) is 0 Å². The highest BCUT2D eigenvalue weighted by Crippen LogP contribution is 2.10. The molecule has 0 spiro atoms. The van der Waals surface area contributed by atoms with Crippen LogP contribution in [0.3, 0.4) is 0 Å². The maximum Gasteiger partial charge on any atom is 0.0639 e. The van der Waals surface area contributed by atoms with Crippen LogP contribution in [0.1, 0.15) is 26.7 Å². The summed E-state index contributed by atoms with van der Waals surface area (Å²) in [6.45, 7) is 8.98. The van der Waals surface area contributed by atoms with Gasteiger partial charge in [-0.2, -0.15) is 5.26 Å². The van der Waals surface area contributed by atoms with Crippen molar-refractivity contribution in [2.45, 2.75) is 38.8 Å². The lowest BCUT2D eigenvalue weighted by molar-refractivity contribution is 0.0449. The standard InChI is InChI=1S/C12H23N3O/c1-11-9-14(6-4-3-5-13)7-8-15(11)10-12(2)16/h11-12,16H,3-4,6-10H2,1-2H3/t11-,12+/m1/s1. The third kappa shape index (κ3) is 4.48.